The smallest absolute Gasteiger partial charge is 0.581 e. The molecule has 0 N–H and O–H groups in total. The summed E-state index contributed by atoms with van der Waals surface area (Å²) >= 11 is 0. The molecule has 0 bridgehead atoms. The number of nitrogens with zero attached hydrogens (tertiary/aromatic N) is 2. The molecule has 10 heavy (non-hydrogen) atoms. The average Bonchev–Trinajstić information content (AvgIpc) is 2.08. The van der Waals surface area contributed by atoms with Crippen LogP contribution in [0.5, 0.6) is 0 Å². The Labute approximate surface area is 97.6 Å². The molecule has 1 heterocycles. The van der Waals surface area contributed by atoms with E-state index in [0.29, 0.717) is 12.4 Å². The molecule has 0 unspecified atom stereocenters. The Bertz CT molecular complexity index is 181. The van der Waals surface area contributed by atoms with E-state index >= 15 is 0 Å². The third-order valence-corrected chi connectivity index (χ3v) is 0.788. The summed E-state index contributed by atoms with van der Waals surface area (Å²) in [6, 6.07) is 0. The zero-order chi connectivity index (χ0) is 6.91. The Kier molecular flexibility index (Phi) is 4.11. The van der Waals surface area contributed by atoms with Crippen LogP contribution in [-0.4, -0.2) is 5.10 Å². The quantitative estimate of drug-likeness (QED) is 0.428. The van der Waals surface area contributed by atoms with Gasteiger partial charge in [-0.25, -0.2) is 0 Å². The topological polar surface area (TPSA) is 27.0 Å². The molecule has 1 aromatic heterocycles. The van der Waals surface area contributed by atoms with E-state index in [1.807, 2.05) is 0 Å². The summed E-state index contributed by atoms with van der Waals surface area (Å²) < 4.78 is 34.6. The predicted molar refractivity (Wildman–Crippen MR) is 22.6 cm³/mol. The maximum absolute atomic E-state index is 11.5. The van der Waals surface area contributed by atoms with Gasteiger partial charge in [-0.05, 0) is 0 Å². The second-order valence-corrected chi connectivity index (χ2v) is 1.44. The summed E-state index contributed by atoms with van der Waals surface area (Å²) in [6.45, 7) is 0. The van der Waals surface area contributed by atoms with Crippen LogP contribution in [0.25, 0.3) is 0 Å². The van der Waals surface area contributed by atoms with Crippen LogP contribution in [0.4, 0.5) is 13.2 Å². The van der Waals surface area contributed by atoms with Gasteiger partial charge in [0.25, 0.3) is 0 Å². The van der Waals surface area contributed by atoms with Crippen molar-refractivity contribution in [1.29, 1.82) is 0 Å². The first-order valence-electron chi connectivity index (χ1n) is 2.11. The van der Waals surface area contributed by atoms with Crippen LogP contribution in [0.15, 0.2) is 12.4 Å². The standard InChI is InChI=1S/C4H2F3N2.K/c5-4(6,7)3-1-8-9-2-3;/h1-2H;/q-1;+1. The van der Waals surface area contributed by atoms with Gasteiger partial charge in [0, 0.05) is 6.20 Å². The molecule has 0 fully saturated rings. The molecular weight excluding hydrogens is 172 g/mol. The van der Waals surface area contributed by atoms with Crippen molar-refractivity contribution in [2.24, 2.45) is 0 Å². The van der Waals surface area contributed by atoms with Crippen molar-refractivity contribution in [1.82, 2.24) is 10.2 Å². The fourth-order valence-corrected chi connectivity index (χ4v) is 0.371. The third-order valence-electron chi connectivity index (χ3n) is 0.788. The van der Waals surface area contributed by atoms with E-state index in [-0.39, 0.29) is 51.4 Å². The van der Waals surface area contributed by atoms with Gasteiger partial charge in [-0.15, -0.1) is 6.20 Å². The van der Waals surface area contributed by atoms with Crippen molar-refractivity contribution in [2.45, 2.75) is 6.18 Å². The SMILES string of the molecule is FC(F)(F)c1cn[n-]c1.[K+]. The number of rotatable bonds is 0. The first kappa shape index (κ1) is 10.6. The molecule has 1 rings (SSSR count). The van der Waals surface area contributed by atoms with E-state index in [1.165, 1.54) is 0 Å². The van der Waals surface area contributed by atoms with Crippen LogP contribution in [0, 0.1) is 0 Å². The van der Waals surface area contributed by atoms with Crippen LogP contribution in [0.1, 0.15) is 5.56 Å². The van der Waals surface area contributed by atoms with Crippen molar-refractivity contribution in [3.05, 3.63) is 18.0 Å². The third kappa shape index (κ3) is 2.71. The molecule has 2 nitrogen and oxygen atoms in total. The first-order valence-corrected chi connectivity index (χ1v) is 2.11. The van der Waals surface area contributed by atoms with Crippen molar-refractivity contribution < 1.29 is 64.6 Å². The molecule has 0 saturated heterocycles. The Morgan fingerprint density at radius 2 is 2.00 bits per heavy atom. The van der Waals surface area contributed by atoms with E-state index in [1.54, 1.807) is 0 Å². The van der Waals surface area contributed by atoms with Gasteiger partial charge in [-0.3, -0.25) is 0 Å². The number of aromatic nitrogens is 2. The maximum Gasteiger partial charge on any atom is 1.00 e. The van der Waals surface area contributed by atoms with Gasteiger partial charge in [-0.2, -0.15) is 13.2 Å². The largest absolute Gasteiger partial charge is 1.00 e. The second-order valence-electron chi connectivity index (χ2n) is 1.44. The van der Waals surface area contributed by atoms with E-state index < -0.39 is 11.7 Å². The number of hydrogen-bond donors (Lipinski definition) is 0. The van der Waals surface area contributed by atoms with Gasteiger partial charge in [0.1, 0.15) is 0 Å². The second kappa shape index (κ2) is 3.87. The van der Waals surface area contributed by atoms with Gasteiger partial charge in [0.2, 0.25) is 0 Å². The fraction of sp³-hybridized carbons (Fsp3) is 0.250. The van der Waals surface area contributed by atoms with Gasteiger partial charge < -0.3 is 10.2 Å². The first-order chi connectivity index (χ1) is 4.11. The van der Waals surface area contributed by atoms with E-state index in [2.05, 4.69) is 10.2 Å². The van der Waals surface area contributed by atoms with E-state index in [9.17, 15) is 13.2 Å². The molecule has 0 radical (unpaired) electrons. The number of hydrogen-bond acceptors (Lipinski definition) is 1. The summed E-state index contributed by atoms with van der Waals surface area (Å²) in [5.74, 6) is 0. The Hall–Kier alpha value is 0.636. The van der Waals surface area contributed by atoms with Gasteiger partial charge in [-0.1, -0.05) is 0 Å². The van der Waals surface area contributed by atoms with Crippen LogP contribution >= 0.6 is 0 Å². The van der Waals surface area contributed by atoms with Crippen molar-refractivity contribution >= 4 is 0 Å². The molecule has 6 heteroatoms. The normalized spacial score (nSPS) is 10.7. The van der Waals surface area contributed by atoms with Crippen LogP contribution in [0.3, 0.4) is 0 Å². The van der Waals surface area contributed by atoms with Crippen LogP contribution < -0.4 is 56.5 Å². The van der Waals surface area contributed by atoms with Gasteiger partial charge in [0.05, 0.1) is 5.56 Å². The summed E-state index contributed by atoms with van der Waals surface area (Å²) in [6.07, 6.45) is -2.94. The molecule has 0 aliphatic heterocycles. The molecule has 0 aliphatic carbocycles. The molecule has 1 aromatic rings. The molecule has 0 aliphatic rings. The van der Waals surface area contributed by atoms with Gasteiger partial charge >= 0.3 is 57.6 Å². The Morgan fingerprint density at radius 3 is 2.20 bits per heavy atom. The number of alkyl halides is 3. The molecular formula is C4H2F3KN2. The Balaban J connectivity index is 0.000000810. The Morgan fingerprint density at radius 1 is 1.40 bits per heavy atom. The molecule has 0 atom stereocenters. The molecule has 0 saturated carbocycles. The predicted octanol–water partition coefficient (Wildman–Crippen LogP) is -1.94. The molecule has 0 amide bonds. The maximum atomic E-state index is 11.5. The summed E-state index contributed by atoms with van der Waals surface area (Å²) in [7, 11) is 0. The summed E-state index contributed by atoms with van der Waals surface area (Å²) in [5.41, 5.74) is -0.803. The summed E-state index contributed by atoms with van der Waals surface area (Å²) in [4.78, 5) is 0. The summed E-state index contributed by atoms with van der Waals surface area (Å²) in [5, 5.41) is 6.04. The van der Waals surface area contributed by atoms with Gasteiger partial charge in [0.15, 0.2) is 0 Å². The van der Waals surface area contributed by atoms with Crippen molar-refractivity contribution in [3.63, 3.8) is 0 Å². The van der Waals surface area contributed by atoms with E-state index in [4.69, 9.17) is 0 Å². The molecule has 50 valence electrons. The zero-order valence-corrected chi connectivity index (χ0v) is 8.31. The zero-order valence-electron chi connectivity index (χ0n) is 5.18. The minimum Gasteiger partial charge on any atom is -0.581 e. The average molecular weight is 174 g/mol. The molecule has 0 aromatic carbocycles. The van der Waals surface area contributed by atoms with Crippen molar-refractivity contribution in [2.75, 3.05) is 0 Å². The van der Waals surface area contributed by atoms with Crippen LogP contribution in [0.2, 0.25) is 0 Å². The minimum atomic E-state index is -4.30. The minimum absolute atomic E-state index is 0. The van der Waals surface area contributed by atoms with Crippen LogP contribution in [-0.2, 0) is 6.18 Å². The monoisotopic (exact) mass is 174 g/mol. The van der Waals surface area contributed by atoms with E-state index in [0.717, 1.165) is 0 Å². The van der Waals surface area contributed by atoms with Crippen molar-refractivity contribution in [3.8, 4) is 0 Å². The number of halogens is 3. The molecule has 0 spiro atoms. The fourth-order valence-electron chi connectivity index (χ4n) is 0.371.